The average molecular weight is 304 g/mol. The molecular weight excluding hydrogens is 292 g/mol. The highest BCUT2D eigenvalue weighted by Crippen LogP contribution is 2.31. The summed E-state index contributed by atoms with van der Waals surface area (Å²) in [5.41, 5.74) is 1.98. The maximum atomic E-state index is 11.4. The van der Waals surface area contributed by atoms with Gasteiger partial charge in [-0.15, -0.1) is 0 Å². The van der Waals surface area contributed by atoms with Crippen molar-refractivity contribution in [3.8, 4) is 17.0 Å². The van der Waals surface area contributed by atoms with Crippen LogP contribution in [-0.2, 0) is 10.0 Å². The summed E-state index contributed by atoms with van der Waals surface area (Å²) in [6.07, 6.45) is 3.39. The van der Waals surface area contributed by atoms with Crippen LogP contribution < -0.4 is 9.88 Å². The van der Waals surface area contributed by atoms with Crippen LogP contribution >= 0.6 is 0 Å². The first kappa shape index (κ1) is 13.5. The van der Waals surface area contributed by atoms with Crippen LogP contribution in [0.4, 0.5) is 0 Å². The molecule has 3 aromatic rings. The highest BCUT2D eigenvalue weighted by Gasteiger charge is 2.15. The van der Waals surface area contributed by atoms with Crippen molar-refractivity contribution in [1.29, 1.82) is 0 Å². The molecule has 7 nitrogen and oxygen atoms in total. The number of ether oxygens (including phenoxy) is 1. The molecule has 0 saturated carbocycles. The number of methoxy groups -OCH3 is 1. The van der Waals surface area contributed by atoms with E-state index in [1.165, 1.54) is 19.2 Å². The largest absolute Gasteiger partial charge is 0.496 e. The van der Waals surface area contributed by atoms with E-state index >= 15 is 0 Å². The first-order valence-corrected chi connectivity index (χ1v) is 7.55. The molecule has 3 rings (SSSR count). The van der Waals surface area contributed by atoms with Crippen molar-refractivity contribution in [2.24, 2.45) is 5.14 Å². The Balaban J connectivity index is 2.17. The Hall–Kier alpha value is -2.45. The Bertz CT molecular complexity index is 885. The second-order valence-corrected chi connectivity index (χ2v) is 5.92. The molecule has 0 atom stereocenters. The van der Waals surface area contributed by atoms with Gasteiger partial charge in [0, 0.05) is 17.8 Å². The molecule has 2 heterocycles. The molecule has 0 aliphatic heterocycles. The Morgan fingerprint density at radius 2 is 2.10 bits per heavy atom. The van der Waals surface area contributed by atoms with E-state index in [0.29, 0.717) is 22.7 Å². The fourth-order valence-electron chi connectivity index (χ4n) is 2.02. The first-order chi connectivity index (χ1) is 9.99. The van der Waals surface area contributed by atoms with Crippen molar-refractivity contribution in [1.82, 2.24) is 14.6 Å². The number of rotatable bonds is 3. The number of imidazole rings is 1. The minimum absolute atomic E-state index is 0.00927. The molecule has 2 N–H and O–H groups in total. The van der Waals surface area contributed by atoms with Crippen LogP contribution in [0, 0.1) is 0 Å². The molecule has 2 aromatic heterocycles. The SMILES string of the molecule is COc1cc(S(N)(=O)=O)ccc1-c1cn2ncccc2n1. The highest BCUT2D eigenvalue weighted by molar-refractivity contribution is 7.89. The lowest BCUT2D eigenvalue weighted by atomic mass is 10.1. The topological polar surface area (TPSA) is 99.6 Å². The van der Waals surface area contributed by atoms with E-state index in [0.717, 1.165) is 0 Å². The highest BCUT2D eigenvalue weighted by atomic mass is 32.2. The lowest BCUT2D eigenvalue weighted by Crippen LogP contribution is -2.12. The predicted octanol–water partition coefficient (Wildman–Crippen LogP) is 1.05. The molecule has 0 amide bonds. The van der Waals surface area contributed by atoms with Crippen LogP contribution in [0.1, 0.15) is 0 Å². The van der Waals surface area contributed by atoms with E-state index in [1.807, 2.05) is 6.07 Å². The third-order valence-electron chi connectivity index (χ3n) is 3.01. The minimum atomic E-state index is -3.78. The smallest absolute Gasteiger partial charge is 0.238 e. The summed E-state index contributed by atoms with van der Waals surface area (Å²) >= 11 is 0. The predicted molar refractivity (Wildman–Crippen MR) is 76.3 cm³/mol. The Morgan fingerprint density at radius 1 is 1.29 bits per heavy atom. The summed E-state index contributed by atoms with van der Waals surface area (Å²) in [5.74, 6) is 0.380. The number of fused-ring (bicyclic) bond motifs is 1. The summed E-state index contributed by atoms with van der Waals surface area (Å²) in [6.45, 7) is 0. The molecule has 0 fully saturated rings. The van der Waals surface area contributed by atoms with Gasteiger partial charge >= 0.3 is 0 Å². The fraction of sp³-hybridized carbons (Fsp3) is 0.0769. The third-order valence-corrected chi connectivity index (χ3v) is 3.93. The van der Waals surface area contributed by atoms with Gasteiger partial charge in [0.15, 0.2) is 5.65 Å². The Labute approximate surface area is 121 Å². The van der Waals surface area contributed by atoms with E-state index < -0.39 is 10.0 Å². The van der Waals surface area contributed by atoms with Gasteiger partial charge in [0.2, 0.25) is 10.0 Å². The zero-order valence-electron chi connectivity index (χ0n) is 11.1. The van der Waals surface area contributed by atoms with Crippen molar-refractivity contribution in [2.75, 3.05) is 7.11 Å². The van der Waals surface area contributed by atoms with E-state index in [1.54, 1.807) is 29.0 Å². The monoisotopic (exact) mass is 304 g/mol. The molecule has 0 aliphatic carbocycles. The van der Waals surface area contributed by atoms with Crippen molar-refractivity contribution in [2.45, 2.75) is 4.90 Å². The van der Waals surface area contributed by atoms with Gasteiger partial charge in [0.1, 0.15) is 5.75 Å². The molecular formula is C13H12N4O3S. The van der Waals surface area contributed by atoms with Crippen LogP contribution in [0.15, 0.2) is 47.6 Å². The Morgan fingerprint density at radius 3 is 2.76 bits per heavy atom. The first-order valence-electron chi connectivity index (χ1n) is 6.00. The number of hydrogen-bond donors (Lipinski definition) is 1. The molecule has 0 spiro atoms. The van der Waals surface area contributed by atoms with Gasteiger partial charge in [-0.05, 0) is 24.3 Å². The quantitative estimate of drug-likeness (QED) is 0.779. The van der Waals surface area contributed by atoms with Gasteiger partial charge in [0.25, 0.3) is 0 Å². The molecule has 1 aromatic carbocycles. The lowest BCUT2D eigenvalue weighted by Gasteiger charge is -2.07. The van der Waals surface area contributed by atoms with Crippen LogP contribution in [0.3, 0.4) is 0 Å². The van der Waals surface area contributed by atoms with E-state index in [4.69, 9.17) is 9.88 Å². The molecule has 0 aliphatic rings. The molecule has 0 bridgehead atoms. The van der Waals surface area contributed by atoms with Crippen molar-refractivity contribution in [3.63, 3.8) is 0 Å². The van der Waals surface area contributed by atoms with Crippen molar-refractivity contribution < 1.29 is 13.2 Å². The summed E-state index contributed by atoms with van der Waals surface area (Å²) in [4.78, 5) is 4.41. The zero-order chi connectivity index (χ0) is 15.0. The summed E-state index contributed by atoms with van der Waals surface area (Å²) in [5, 5.41) is 9.25. The number of nitrogens with two attached hydrogens (primary N) is 1. The van der Waals surface area contributed by atoms with Crippen molar-refractivity contribution >= 4 is 15.7 Å². The summed E-state index contributed by atoms with van der Waals surface area (Å²) < 4.78 is 29.6. The molecule has 8 heteroatoms. The number of nitrogens with zero attached hydrogens (tertiary/aromatic N) is 3. The number of sulfonamides is 1. The molecule has 108 valence electrons. The zero-order valence-corrected chi connectivity index (χ0v) is 11.9. The van der Waals surface area contributed by atoms with Gasteiger partial charge < -0.3 is 4.74 Å². The second kappa shape index (κ2) is 4.83. The number of hydrogen-bond acceptors (Lipinski definition) is 5. The van der Waals surface area contributed by atoms with Gasteiger partial charge in [-0.1, -0.05) is 0 Å². The average Bonchev–Trinajstić information content (AvgIpc) is 2.89. The third kappa shape index (κ3) is 2.46. The molecule has 0 radical (unpaired) electrons. The Kier molecular flexibility index (Phi) is 3.11. The number of primary sulfonamides is 1. The number of benzene rings is 1. The van der Waals surface area contributed by atoms with Crippen LogP contribution in [0.5, 0.6) is 5.75 Å². The molecule has 21 heavy (non-hydrogen) atoms. The lowest BCUT2D eigenvalue weighted by molar-refractivity contribution is 0.415. The van der Waals surface area contributed by atoms with Gasteiger partial charge in [-0.3, -0.25) is 0 Å². The van der Waals surface area contributed by atoms with E-state index in [2.05, 4.69) is 10.1 Å². The standard InChI is InChI=1S/C13H12N4O3S/c1-20-12-7-9(21(14,18)19)4-5-10(12)11-8-17-13(16-11)3-2-6-15-17/h2-8H,1H3,(H2,14,18,19). The minimum Gasteiger partial charge on any atom is -0.496 e. The fourth-order valence-corrected chi connectivity index (χ4v) is 2.55. The maximum Gasteiger partial charge on any atom is 0.238 e. The van der Waals surface area contributed by atoms with Gasteiger partial charge in [0.05, 0.1) is 23.9 Å². The van der Waals surface area contributed by atoms with Crippen LogP contribution in [0.2, 0.25) is 0 Å². The van der Waals surface area contributed by atoms with Crippen LogP contribution in [-0.4, -0.2) is 30.1 Å². The van der Waals surface area contributed by atoms with Gasteiger partial charge in [-0.25, -0.2) is 23.1 Å². The van der Waals surface area contributed by atoms with Gasteiger partial charge in [-0.2, -0.15) is 5.10 Å². The van der Waals surface area contributed by atoms with Crippen LogP contribution in [0.25, 0.3) is 16.9 Å². The summed E-state index contributed by atoms with van der Waals surface area (Å²) in [6, 6.07) is 8.02. The molecule has 0 unspecified atom stereocenters. The summed E-state index contributed by atoms with van der Waals surface area (Å²) in [7, 11) is -2.32. The normalized spacial score (nSPS) is 11.7. The van der Waals surface area contributed by atoms with E-state index in [-0.39, 0.29) is 4.90 Å². The number of aromatic nitrogens is 3. The second-order valence-electron chi connectivity index (χ2n) is 4.36. The molecule has 0 saturated heterocycles. The maximum absolute atomic E-state index is 11.4. The van der Waals surface area contributed by atoms with Crippen molar-refractivity contribution in [3.05, 3.63) is 42.7 Å². The van der Waals surface area contributed by atoms with E-state index in [9.17, 15) is 8.42 Å².